The van der Waals surface area contributed by atoms with Gasteiger partial charge in [0.05, 0.1) is 23.6 Å². The molecule has 0 heterocycles. The van der Waals surface area contributed by atoms with Crippen molar-refractivity contribution in [2.24, 2.45) is 0 Å². The minimum Gasteiger partial charge on any atom is -0.496 e. The molecular weight excluding hydrogens is 252 g/mol. The van der Waals surface area contributed by atoms with Gasteiger partial charge in [-0.15, -0.1) is 11.8 Å². The summed E-state index contributed by atoms with van der Waals surface area (Å²) in [6, 6.07) is 3.86. The van der Waals surface area contributed by atoms with Crippen LogP contribution in [0, 0.1) is 0 Å². The molecule has 0 saturated carbocycles. The van der Waals surface area contributed by atoms with Gasteiger partial charge in [-0.2, -0.15) is 0 Å². The van der Waals surface area contributed by atoms with Gasteiger partial charge in [0.15, 0.2) is 0 Å². The highest BCUT2D eigenvalue weighted by Crippen LogP contribution is 2.36. The van der Waals surface area contributed by atoms with Crippen molar-refractivity contribution in [2.75, 3.05) is 20.5 Å². The second-order valence-electron chi connectivity index (χ2n) is 2.34. The Hall–Kier alpha value is -0.350. The third-order valence-corrected chi connectivity index (χ3v) is 3.04. The Balaban J connectivity index is 3.18. The summed E-state index contributed by atoms with van der Waals surface area (Å²) in [6.45, 7) is 0. The fraction of sp³-hybridized carbons (Fsp3) is 0.333. The fourth-order valence-corrected chi connectivity index (χ4v) is 2.04. The van der Waals surface area contributed by atoms with Crippen molar-refractivity contribution in [3.8, 4) is 11.5 Å². The van der Waals surface area contributed by atoms with E-state index in [1.165, 1.54) is 0 Å². The lowest BCUT2D eigenvalue weighted by atomic mass is 10.3. The molecule has 0 bridgehead atoms. The Kier molecular flexibility index (Phi) is 3.93. The highest BCUT2D eigenvalue weighted by Gasteiger charge is 2.07. The SMILES string of the molecule is COc1cc(SC)c(OC)cc1Br. The Labute approximate surface area is 90.7 Å². The van der Waals surface area contributed by atoms with E-state index in [1.807, 2.05) is 18.4 Å². The molecule has 0 amide bonds. The standard InChI is InChI=1S/C9H11BrO2S/c1-11-7-5-9(13-3)8(12-2)4-6(7)10/h4-5H,1-3H3. The second kappa shape index (κ2) is 4.77. The summed E-state index contributed by atoms with van der Waals surface area (Å²) in [4.78, 5) is 1.07. The lowest BCUT2D eigenvalue weighted by Gasteiger charge is -2.09. The van der Waals surface area contributed by atoms with Crippen LogP contribution in [-0.2, 0) is 0 Å². The molecule has 0 aliphatic heterocycles. The van der Waals surface area contributed by atoms with E-state index < -0.39 is 0 Å². The number of halogens is 1. The van der Waals surface area contributed by atoms with Crippen molar-refractivity contribution < 1.29 is 9.47 Å². The molecule has 72 valence electrons. The summed E-state index contributed by atoms with van der Waals surface area (Å²) in [5.41, 5.74) is 0. The molecule has 2 nitrogen and oxygen atoms in total. The molecule has 0 unspecified atom stereocenters. The third kappa shape index (κ3) is 2.31. The molecule has 0 spiro atoms. The number of ether oxygens (including phenoxy) is 2. The number of methoxy groups -OCH3 is 2. The Bertz CT molecular complexity index is 302. The average Bonchev–Trinajstić information content (AvgIpc) is 2.17. The van der Waals surface area contributed by atoms with Gasteiger partial charge >= 0.3 is 0 Å². The van der Waals surface area contributed by atoms with E-state index in [2.05, 4.69) is 15.9 Å². The quantitative estimate of drug-likeness (QED) is 0.780. The van der Waals surface area contributed by atoms with Gasteiger partial charge in [0.25, 0.3) is 0 Å². The molecule has 4 heteroatoms. The molecule has 13 heavy (non-hydrogen) atoms. The smallest absolute Gasteiger partial charge is 0.134 e. The summed E-state index contributed by atoms with van der Waals surface area (Å²) >= 11 is 5.03. The van der Waals surface area contributed by atoms with Gasteiger partial charge in [0, 0.05) is 0 Å². The molecule has 1 rings (SSSR count). The van der Waals surface area contributed by atoms with E-state index in [1.54, 1.807) is 26.0 Å². The summed E-state index contributed by atoms with van der Waals surface area (Å²) in [5.74, 6) is 1.69. The van der Waals surface area contributed by atoms with Crippen LogP contribution in [0.3, 0.4) is 0 Å². The predicted molar refractivity (Wildman–Crippen MR) is 59.0 cm³/mol. The first-order valence-corrected chi connectivity index (χ1v) is 5.70. The van der Waals surface area contributed by atoms with Crippen molar-refractivity contribution in [3.05, 3.63) is 16.6 Å². The van der Waals surface area contributed by atoms with Crippen LogP contribution >= 0.6 is 27.7 Å². The van der Waals surface area contributed by atoms with E-state index >= 15 is 0 Å². The second-order valence-corrected chi connectivity index (χ2v) is 4.04. The van der Waals surface area contributed by atoms with Crippen LogP contribution in [-0.4, -0.2) is 20.5 Å². The van der Waals surface area contributed by atoms with Gasteiger partial charge in [-0.25, -0.2) is 0 Å². The monoisotopic (exact) mass is 262 g/mol. The molecule has 1 aromatic rings. The van der Waals surface area contributed by atoms with Crippen LogP contribution in [0.25, 0.3) is 0 Å². The normalized spacial score (nSPS) is 9.85. The molecule has 0 atom stereocenters. The Morgan fingerprint density at radius 1 is 1.15 bits per heavy atom. The summed E-state index contributed by atoms with van der Waals surface area (Å²) in [6.07, 6.45) is 2.01. The van der Waals surface area contributed by atoms with Crippen LogP contribution in [0.5, 0.6) is 11.5 Å². The maximum atomic E-state index is 5.21. The van der Waals surface area contributed by atoms with Gasteiger partial charge in [0.1, 0.15) is 11.5 Å². The maximum absolute atomic E-state index is 5.21. The predicted octanol–water partition coefficient (Wildman–Crippen LogP) is 3.19. The number of rotatable bonds is 3. The van der Waals surface area contributed by atoms with Crippen LogP contribution in [0.4, 0.5) is 0 Å². The highest BCUT2D eigenvalue weighted by atomic mass is 79.9. The molecule has 0 aliphatic carbocycles. The van der Waals surface area contributed by atoms with Gasteiger partial charge in [-0.05, 0) is 34.3 Å². The zero-order chi connectivity index (χ0) is 9.84. The largest absolute Gasteiger partial charge is 0.496 e. The summed E-state index contributed by atoms with van der Waals surface area (Å²) in [7, 11) is 3.31. The van der Waals surface area contributed by atoms with Crippen LogP contribution in [0.2, 0.25) is 0 Å². The van der Waals surface area contributed by atoms with Crippen molar-refractivity contribution in [1.82, 2.24) is 0 Å². The van der Waals surface area contributed by atoms with Gasteiger partial charge in [-0.3, -0.25) is 0 Å². The first-order valence-electron chi connectivity index (χ1n) is 3.68. The number of thioether (sulfide) groups is 1. The van der Waals surface area contributed by atoms with E-state index in [0.29, 0.717) is 0 Å². The molecule has 0 radical (unpaired) electrons. The van der Waals surface area contributed by atoms with Gasteiger partial charge < -0.3 is 9.47 Å². The van der Waals surface area contributed by atoms with E-state index in [4.69, 9.17) is 9.47 Å². The minimum atomic E-state index is 0.824. The van der Waals surface area contributed by atoms with Crippen molar-refractivity contribution in [3.63, 3.8) is 0 Å². The first kappa shape index (κ1) is 10.7. The topological polar surface area (TPSA) is 18.5 Å². The minimum absolute atomic E-state index is 0.824. The Morgan fingerprint density at radius 3 is 2.23 bits per heavy atom. The molecule has 0 aliphatic rings. The van der Waals surface area contributed by atoms with Gasteiger partial charge in [0.2, 0.25) is 0 Å². The molecular formula is C9H11BrO2S. The number of benzene rings is 1. The zero-order valence-corrected chi connectivity index (χ0v) is 10.2. The van der Waals surface area contributed by atoms with Crippen molar-refractivity contribution in [1.29, 1.82) is 0 Å². The Morgan fingerprint density at radius 2 is 1.77 bits per heavy atom. The van der Waals surface area contributed by atoms with E-state index in [-0.39, 0.29) is 0 Å². The fourth-order valence-electron chi connectivity index (χ4n) is 0.992. The summed E-state index contributed by atoms with van der Waals surface area (Å²) < 4.78 is 11.3. The summed E-state index contributed by atoms with van der Waals surface area (Å²) in [5, 5.41) is 0. The molecule has 0 N–H and O–H groups in total. The lowest BCUT2D eigenvalue weighted by molar-refractivity contribution is 0.392. The van der Waals surface area contributed by atoms with Gasteiger partial charge in [-0.1, -0.05) is 0 Å². The van der Waals surface area contributed by atoms with Crippen LogP contribution in [0.1, 0.15) is 0 Å². The molecule has 0 fully saturated rings. The van der Waals surface area contributed by atoms with E-state index in [0.717, 1.165) is 20.9 Å². The maximum Gasteiger partial charge on any atom is 0.134 e. The number of hydrogen-bond acceptors (Lipinski definition) is 3. The zero-order valence-electron chi connectivity index (χ0n) is 7.76. The molecule has 0 saturated heterocycles. The molecule has 0 aromatic heterocycles. The van der Waals surface area contributed by atoms with Crippen molar-refractivity contribution >= 4 is 27.7 Å². The van der Waals surface area contributed by atoms with Crippen LogP contribution in [0.15, 0.2) is 21.5 Å². The third-order valence-electron chi connectivity index (χ3n) is 1.66. The van der Waals surface area contributed by atoms with Crippen LogP contribution < -0.4 is 9.47 Å². The number of hydrogen-bond donors (Lipinski definition) is 0. The average molecular weight is 263 g/mol. The molecule has 1 aromatic carbocycles. The van der Waals surface area contributed by atoms with Crippen molar-refractivity contribution in [2.45, 2.75) is 4.90 Å². The van der Waals surface area contributed by atoms with E-state index in [9.17, 15) is 0 Å². The highest BCUT2D eigenvalue weighted by molar-refractivity contribution is 9.10. The first-order chi connectivity index (χ1) is 6.22. The lowest BCUT2D eigenvalue weighted by Crippen LogP contribution is -1.89.